The zero-order chi connectivity index (χ0) is 13.9. The number of aromatic nitrogens is 2. The summed E-state index contributed by atoms with van der Waals surface area (Å²) in [6.07, 6.45) is 3.67. The highest BCUT2D eigenvalue weighted by Crippen LogP contribution is 2.30. The van der Waals surface area contributed by atoms with Crippen molar-refractivity contribution in [3.63, 3.8) is 0 Å². The van der Waals surface area contributed by atoms with Gasteiger partial charge in [0.1, 0.15) is 11.6 Å². The lowest BCUT2D eigenvalue weighted by atomic mass is 10.1. The minimum absolute atomic E-state index is 0.281. The van der Waals surface area contributed by atoms with Crippen molar-refractivity contribution in [1.29, 1.82) is 0 Å². The second kappa shape index (κ2) is 5.29. The Bertz CT molecular complexity index is 702. The summed E-state index contributed by atoms with van der Waals surface area (Å²) in [5, 5.41) is 2.34. The summed E-state index contributed by atoms with van der Waals surface area (Å²) in [6.45, 7) is 4.30. The average molecular weight is 263 g/mol. The fourth-order valence-corrected chi connectivity index (χ4v) is 2.41. The maximum atomic E-state index is 4.59. The fraction of sp³-hybridized carbons (Fsp3) is 0.176. The molecule has 0 aliphatic rings. The molecule has 2 aromatic heterocycles. The zero-order valence-electron chi connectivity index (χ0n) is 11.7. The summed E-state index contributed by atoms with van der Waals surface area (Å²) in [6, 6.07) is 16.6. The van der Waals surface area contributed by atoms with Crippen LogP contribution in [0.3, 0.4) is 0 Å². The molecule has 0 radical (unpaired) electrons. The van der Waals surface area contributed by atoms with Crippen LogP contribution >= 0.6 is 0 Å². The van der Waals surface area contributed by atoms with Crippen LogP contribution in [0.15, 0.2) is 60.9 Å². The Hall–Kier alpha value is -2.42. The van der Waals surface area contributed by atoms with Crippen LogP contribution < -0.4 is 4.90 Å². The van der Waals surface area contributed by atoms with E-state index >= 15 is 0 Å². The largest absolute Gasteiger partial charge is 0.308 e. The van der Waals surface area contributed by atoms with Gasteiger partial charge in [-0.05, 0) is 37.4 Å². The van der Waals surface area contributed by atoms with Crippen LogP contribution in [0.5, 0.6) is 0 Å². The van der Waals surface area contributed by atoms with E-state index in [1.165, 1.54) is 5.39 Å². The summed E-state index contributed by atoms with van der Waals surface area (Å²) in [5.41, 5.74) is 0. The fourth-order valence-electron chi connectivity index (χ4n) is 2.41. The van der Waals surface area contributed by atoms with Gasteiger partial charge in [-0.15, -0.1) is 0 Å². The molecular formula is C17H17N3. The van der Waals surface area contributed by atoms with Gasteiger partial charge in [-0.25, -0.2) is 9.97 Å². The molecule has 0 N–H and O–H groups in total. The molecule has 3 aromatic rings. The molecule has 0 aliphatic heterocycles. The monoisotopic (exact) mass is 263 g/mol. The Kier molecular flexibility index (Phi) is 3.33. The number of fused-ring (bicyclic) bond motifs is 1. The van der Waals surface area contributed by atoms with Gasteiger partial charge in [0.25, 0.3) is 0 Å². The Morgan fingerprint density at radius 3 is 2.40 bits per heavy atom. The van der Waals surface area contributed by atoms with Crippen LogP contribution in [-0.4, -0.2) is 16.0 Å². The van der Waals surface area contributed by atoms with Crippen molar-refractivity contribution >= 4 is 22.4 Å². The number of hydrogen-bond acceptors (Lipinski definition) is 3. The van der Waals surface area contributed by atoms with E-state index < -0.39 is 0 Å². The first-order valence-corrected chi connectivity index (χ1v) is 6.81. The number of nitrogens with zero attached hydrogens (tertiary/aromatic N) is 3. The molecule has 2 heterocycles. The molecule has 3 nitrogen and oxygen atoms in total. The van der Waals surface area contributed by atoms with Gasteiger partial charge < -0.3 is 4.90 Å². The van der Waals surface area contributed by atoms with Crippen LogP contribution in [0.4, 0.5) is 11.6 Å². The average Bonchev–Trinajstić information content (AvgIpc) is 2.48. The molecule has 0 spiro atoms. The Morgan fingerprint density at radius 1 is 0.850 bits per heavy atom. The third-order valence-electron chi connectivity index (χ3n) is 3.29. The van der Waals surface area contributed by atoms with E-state index in [-0.39, 0.29) is 6.04 Å². The van der Waals surface area contributed by atoms with Crippen molar-refractivity contribution in [2.24, 2.45) is 0 Å². The quantitative estimate of drug-likeness (QED) is 0.710. The van der Waals surface area contributed by atoms with Crippen molar-refractivity contribution in [3.8, 4) is 0 Å². The molecule has 0 fully saturated rings. The van der Waals surface area contributed by atoms with Crippen LogP contribution in [0.25, 0.3) is 10.8 Å². The molecule has 1 aromatic carbocycles. The molecule has 3 rings (SSSR count). The van der Waals surface area contributed by atoms with E-state index in [1.54, 1.807) is 0 Å². The number of anilines is 2. The number of rotatable bonds is 3. The normalized spacial score (nSPS) is 10.9. The van der Waals surface area contributed by atoms with Gasteiger partial charge in [0, 0.05) is 23.8 Å². The molecule has 3 heteroatoms. The number of benzene rings is 1. The van der Waals surface area contributed by atoms with Crippen molar-refractivity contribution in [1.82, 2.24) is 9.97 Å². The first-order chi connectivity index (χ1) is 9.77. The maximum absolute atomic E-state index is 4.59. The molecular weight excluding hydrogens is 246 g/mol. The summed E-state index contributed by atoms with van der Waals surface area (Å²) < 4.78 is 0. The van der Waals surface area contributed by atoms with Gasteiger partial charge in [0.2, 0.25) is 0 Å². The van der Waals surface area contributed by atoms with E-state index in [0.29, 0.717) is 0 Å². The first kappa shape index (κ1) is 12.6. The highest BCUT2D eigenvalue weighted by molar-refractivity contribution is 5.93. The number of pyridine rings is 2. The Labute approximate surface area is 118 Å². The first-order valence-electron chi connectivity index (χ1n) is 6.81. The van der Waals surface area contributed by atoms with Gasteiger partial charge >= 0.3 is 0 Å². The highest BCUT2D eigenvalue weighted by Gasteiger charge is 2.17. The minimum atomic E-state index is 0.281. The van der Waals surface area contributed by atoms with Crippen molar-refractivity contribution in [3.05, 3.63) is 60.9 Å². The molecule has 0 amide bonds. The minimum Gasteiger partial charge on any atom is -0.308 e. The van der Waals surface area contributed by atoms with Gasteiger partial charge in [0.15, 0.2) is 0 Å². The van der Waals surface area contributed by atoms with Crippen molar-refractivity contribution in [2.45, 2.75) is 19.9 Å². The second-order valence-corrected chi connectivity index (χ2v) is 5.01. The molecule has 0 bridgehead atoms. The van der Waals surface area contributed by atoms with Crippen LogP contribution in [0, 0.1) is 0 Å². The van der Waals surface area contributed by atoms with E-state index in [4.69, 9.17) is 0 Å². The predicted molar refractivity (Wildman–Crippen MR) is 83.3 cm³/mol. The third-order valence-corrected chi connectivity index (χ3v) is 3.29. The maximum Gasteiger partial charge on any atom is 0.142 e. The smallest absolute Gasteiger partial charge is 0.142 e. The molecule has 100 valence electrons. The van der Waals surface area contributed by atoms with Gasteiger partial charge in [-0.1, -0.05) is 30.3 Å². The highest BCUT2D eigenvalue weighted by atomic mass is 15.2. The molecule has 0 saturated heterocycles. The standard InChI is InChI=1S/C17H17N3/c1-13(2)20(16-9-5-6-11-18-16)17-15-8-4-3-7-14(15)10-12-19-17/h3-13H,1-2H3. The SMILES string of the molecule is CC(C)N(c1ccccn1)c1nccc2ccccc12. The summed E-state index contributed by atoms with van der Waals surface area (Å²) in [5.74, 6) is 1.88. The van der Waals surface area contributed by atoms with E-state index in [2.05, 4.69) is 40.8 Å². The summed E-state index contributed by atoms with van der Waals surface area (Å²) in [7, 11) is 0. The molecule has 0 unspecified atom stereocenters. The van der Waals surface area contributed by atoms with Gasteiger partial charge in [-0.2, -0.15) is 0 Å². The molecule has 20 heavy (non-hydrogen) atoms. The predicted octanol–water partition coefficient (Wildman–Crippen LogP) is 4.18. The lowest BCUT2D eigenvalue weighted by molar-refractivity contribution is 0.769. The topological polar surface area (TPSA) is 29.0 Å². The van der Waals surface area contributed by atoms with Gasteiger partial charge in [0.05, 0.1) is 0 Å². The molecule has 0 saturated carbocycles. The Balaban J connectivity index is 2.21. The molecule has 0 atom stereocenters. The van der Waals surface area contributed by atoms with E-state index in [0.717, 1.165) is 17.0 Å². The van der Waals surface area contributed by atoms with Gasteiger partial charge in [-0.3, -0.25) is 0 Å². The Morgan fingerprint density at radius 2 is 1.65 bits per heavy atom. The third kappa shape index (κ3) is 2.23. The van der Waals surface area contributed by atoms with E-state index in [9.17, 15) is 0 Å². The van der Waals surface area contributed by atoms with Crippen LogP contribution in [0.2, 0.25) is 0 Å². The summed E-state index contributed by atoms with van der Waals surface area (Å²) in [4.78, 5) is 11.2. The summed E-state index contributed by atoms with van der Waals surface area (Å²) >= 11 is 0. The lowest BCUT2D eigenvalue weighted by Gasteiger charge is -2.27. The van der Waals surface area contributed by atoms with E-state index in [1.807, 2.05) is 48.8 Å². The lowest BCUT2D eigenvalue weighted by Crippen LogP contribution is -2.27. The second-order valence-electron chi connectivity index (χ2n) is 5.01. The molecule has 0 aliphatic carbocycles. The number of hydrogen-bond donors (Lipinski definition) is 0. The van der Waals surface area contributed by atoms with Crippen LogP contribution in [0.1, 0.15) is 13.8 Å². The van der Waals surface area contributed by atoms with Crippen molar-refractivity contribution in [2.75, 3.05) is 4.90 Å². The van der Waals surface area contributed by atoms with Crippen LogP contribution in [-0.2, 0) is 0 Å². The van der Waals surface area contributed by atoms with Crippen molar-refractivity contribution < 1.29 is 0 Å². The zero-order valence-corrected chi connectivity index (χ0v) is 11.7.